The van der Waals surface area contributed by atoms with E-state index in [2.05, 4.69) is 42.8 Å². The van der Waals surface area contributed by atoms with Crippen LogP contribution in [-0.4, -0.2) is 64.8 Å². The smallest absolute Gasteiger partial charge is 0.323 e. The maximum atomic E-state index is 13.2. The lowest BCUT2D eigenvalue weighted by molar-refractivity contribution is 0.0951. The first-order chi connectivity index (χ1) is 23.0. The largest absolute Gasteiger partial charge is 0.385 e. The van der Waals surface area contributed by atoms with Gasteiger partial charge in [0.15, 0.2) is 0 Å². The zero-order valence-corrected chi connectivity index (χ0v) is 28.6. The lowest BCUT2D eigenvalue weighted by Crippen LogP contribution is -2.29. The second-order valence-corrected chi connectivity index (χ2v) is 12.6. The quantitative estimate of drug-likeness (QED) is 0.120. The number of aromatic nitrogens is 3. The van der Waals surface area contributed by atoms with E-state index in [1.54, 1.807) is 6.92 Å². The first-order valence-electron chi connectivity index (χ1n) is 15.7. The zero-order chi connectivity index (χ0) is 34.4. The Labute approximate surface area is 289 Å². The number of amides is 3. The van der Waals surface area contributed by atoms with Crippen molar-refractivity contribution in [3.63, 3.8) is 0 Å². The molecule has 4 aromatic rings. The van der Waals surface area contributed by atoms with Gasteiger partial charge in [0.1, 0.15) is 5.69 Å². The zero-order valence-electron chi connectivity index (χ0n) is 27.1. The Morgan fingerprint density at radius 3 is 2.38 bits per heavy atom. The molecule has 1 aliphatic rings. The molecular weight excluding hydrogens is 651 g/mol. The number of carbonyl (C=O) groups is 2. The Morgan fingerprint density at radius 1 is 0.979 bits per heavy atom. The third-order valence-corrected chi connectivity index (χ3v) is 8.26. The van der Waals surface area contributed by atoms with Crippen LogP contribution >= 0.6 is 23.2 Å². The highest BCUT2D eigenvalue weighted by Crippen LogP contribution is 2.31. The number of urea groups is 1. The SMILES string of the molecule is C=C(NCCCN(C)C)c1cc(C(=O)NC2CC2)cc(-c2cccc(-c3cc(NC(=O)Nc4c(Cl)cncc4Cl)c(=O)n(CC)n3)c2)c1. The molecule has 250 valence electrons. The van der Waals surface area contributed by atoms with Crippen molar-refractivity contribution in [3.8, 4) is 22.4 Å². The van der Waals surface area contributed by atoms with Crippen LogP contribution in [0.25, 0.3) is 28.1 Å². The molecule has 1 aliphatic carbocycles. The Morgan fingerprint density at radius 2 is 1.69 bits per heavy atom. The van der Waals surface area contributed by atoms with Crippen LogP contribution in [0.5, 0.6) is 0 Å². The average Bonchev–Trinajstić information content (AvgIpc) is 3.89. The fraction of sp³-hybridized carbons (Fsp3) is 0.286. The second kappa shape index (κ2) is 15.5. The number of nitrogens with one attached hydrogen (secondary N) is 4. The van der Waals surface area contributed by atoms with Crippen LogP contribution in [0.3, 0.4) is 0 Å². The first kappa shape index (κ1) is 34.6. The standard InChI is InChI=1S/C35H38Cl2N8O3/c1-5-45-34(47)31(41-35(48)42-32-28(36)19-38-20-29(32)37)18-30(43-45)23-9-6-8-22(14-23)25-15-24(21(2)39-12-7-13-44(3)4)16-26(17-25)33(46)40-27-10-11-27/h6,8-9,14-20,27,39H,2,5,7,10-13H2,1,3-4H3,(H,40,46)(H2,38,41,42,48). The summed E-state index contributed by atoms with van der Waals surface area (Å²) < 4.78 is 1.27. The van der Waals surface area contributed by atoms with E-state index >= 15 is 0 Å². The molecule has 0 unspecified atom stereocenters. The predicted octanol–water partition coefficient (Wildman–Crippen LogP) is 6.35. The molecular formula is C35H38Cl2N8O3. The molecule has 0 bridgehead atoms. The summed E-state index contributed by atoms with van der Waals surface area (Å²) in [4.78, 5) is 45.3. The third-order valence-electron chi connectivity index (χ3n) is 7.68. The molecule has 2 aromatic heterocycles. The van der Waals surface area contributed by atoms with Crippen molar-refractivity contribution >= 4 is 52.2 Å². The molecule has 0 saturated heterocycles. The number of anilines is 2. The summed E-state index contributed by atoms with van der Waals surface area (Å²) in [5, 5.41) is 16.5. The summed E-state index contributed by atoms with van der Waals surface area (Å²) in [5.41, 5.74) is 4.61. The number of pyridine rings is 1. The van der Waals surface area contributed by atoms with Gasteiger partial charge in [0, 0.05) is 48.3 Å². The minimum atomic E-state index is -0.708. The van der Waals surface area contributed by atoms with Crippen LogP contribution in [0.4, 0.5) is 16.2 Å². The molecule has 0 aliphatic heterocycles. The van der Waals surface area contributed by atoms with Crippen LogP contribution in [0.15, 0.2) is 72.3 Å². The molecule has 0 spiro atoms. The van der Waals surface area contributed by atoms with Crippen LogP contribution < -0.4 is 26.8 Å². The minimum Gasteiger partial charge on any atom is -0.385 e. The fourth-order valence-electron chi connectivity index (χ4n) is 4.98. The van der Waals surface area contributed by atoms with Crippen LogP contribution in [0.2, 0.25) is 10.0 Å². The summed E-state index contributed by atoms with van der Waals surface area (Å²) in [6.45, 7) is 8.00. The van der Waals surface area contributed by atoms with E-state index in [1.807, 2.05) is 56.6 Å². The van der Waals surface area contributed by atoms with Gasteiger partial charge in [-0.05, 0) is 93.8 Å². The van der Waals surface area contributed by atoms with Gasteiger partial charge in [0.05, 0.1) is 21.4 Å². The number of hydrogen-bond acceptors (Lipinski definition) is 7. The van der Waals surface area contributed by atoms with Crippen LogP contribution in [0.1, 0.15) is 42.1 Å². The fourth-order valence-corrected chi connectivity index (χ4v) is 5.43. The number of carbonyl (C=O) groups excluding carboxylic acids is 2. The van der Waals surface area contributed by atoms with Gasteiger partial charge in [-0.15, -0.1) is 0 Å². The third kappa shape index (κ3) is 8.80. The number of nitrogens with zero attached hydrogens (tertiary/aromatic N) is 4. The van der Waals surface area contributed by atoms with Gasteiger partial charge in [-0.1, -0.05) is 48.0 Å². The monoisotopic (exact) mass is 688 g/mol. The highest BCUT2D eigenvalue weighted by Gasteiger charge is 2.24. The molecule has 5 rings (SSSR count). The summed E-state index contributed by atoms with van der Waals surface area (Å²) in [6, 6.07) is 14.4. The van der Waals surface area contributed by atoms with Gasteiger partial charge in [0.25, 0.3) is 11.5 Å². The second-order valence-electron chi connectivity index (χ2n) is 11.8. The highest BCUT2D eigenvalue weighted by molar-refractivity contribution is 6.39. The summed E-state index contributed by atoms with van der Waals surface area (Å²) >= 11 is 12.3. The van der Waals surface area contributed by atoms with Gasteiger partial charge in [0.2, 0.25) is 0 Å². The number of benzene rings is 2. The Hall–Kier alpha value is -4.71. The predicted molar refractivity (Wildman–Crippen MR) is 193 cm³/mol. The molecule has 2 aromatic carbocycles. The molecule has 0 atom stereocenters. The van der Waals surface area contributed by atoms with Crippen molar-refractivity contribution in [2.45, 2.75) is 38.8 Å². The van der Waals surface area contributed by atoms with E-state index in [1.165, 1.54) is 23.1 Å². The number of halogens is 2. The van der Waals surface area contributed by atoms with Crippen molar-refractivity contribution in [2.24, 2.45) is 0 Å². The van der Waals surface area contributed by atoms with Crippen molar-refractivity contribution in [2.75, 3.05) is 37.8 Å². The van der Waals surface area contributed by atoms with Crippen molar-refractivity contribution in [1.29, 1.82) is 0 Å². The molecule has 11 nitrogen and oxygen atoms in total. The first-order valence-corrected chi connectivity index (χ1v) is 16.4. The minimum absolute atomic E-state index is 0.0173. The molecule has 4 N–H and O–H groups in total. The summed E-state index contributed by atoms with van der Waals surface area (Å²) in [5.74, 6) is -0.128. The van der Waals surface area contributed by atoms with Gasteiger partial charge < -0.3 is 26.2 Å². The van der Waals surface area contributed by atoms with Crippen molar-refractivity contribution in [3.05, 3.63) is 99.0 Å². The maximum absolute atomic E-state index is 13.2. The molecule has 2 heterocycles. The lowest BCUT2D eigenvalue weighted by atomic mass is 9.96. The van der Waals surface area contributed by atoms with E-state index in [9.17, 15) is 14.4 Å². The van der Waals surface area contributed by atoms with E-state index in [0.717, 1.165) is 54.7 Å². The van der Waals surface area contributed by atoms with Gasteiger partial charge in [-0.2, -0.15) is 5.10 Å². The molecule has 13 heteroatoms. The average molecular weight is 690 g/mol. The topological polar surface area (TPSA) is 133 Å². The molecule has 1 fully saturated rings. The van der Waals surface area contributed by atoms with Gasteiger partial charge >= 0.3 is 6.03 Å². The van der Waals surface area contributed by atoms with Gasteiger partial charge in [-0.25, -0.2) is 9.48 Å². The Balaban J connectivity index is 1.45. The Kier molecular flexibility index (Phi) is 11.2. The van der Waals surface area contributed by atoms with Gasteiger partial charge in [-0.3, -0.25) is 14.6 Å². The number of hydrogen-bond donors (Lipinski definition) is 4. The van der Waals surface area contributed by atoms with E-state index in [4.69, 9.17) is 23.2 Å². The Bertz CT molecular complexity index is 1890. The highest BCUT2D eigenvalue weighted by atomic mass is 35.5. The van der Waals surface area contributed by atoms with E-state index < -0.39 is 11.6 Å². The van der Waals surface area contributed by atoms with Crippen LogP contribution in [-0.2, 0) is 6.54 Å². The van der Waals surface area contributed by atoms with Crippen LogP contribution in [0, 0.1) is 0 Å². The van der Waals surface area contributed by atoms with E-state index in [-0.39, 0.29) is 39.9 Å². The molecule has 3 amide bonds. The normalized spacial score (nSPS) is 12.5. The molecule has 0 radical (unpaired) electrons. The van der Waals surface area contributed by atoms with Crippen molar-refractivity contribution < 1.29 is 9.59 Å². The summed E-state index contributed by atoms with van der Waals surface area (Å²) in [6.07, 6.45) is 5.61. The lowest BCUT2D eigenvalue weighted by Gasteiger charge is -2.16. The number of rotatable bonds is 13. The number of aryl methyl sites for hydroxylation is 1. The summed E-state index contributed by atoms with van der Waals surface area (Å²) in [7, 11) is 4.07. The maximum Gasteiger partial charge on any atom is 0.323 e. The van der Waals surface area contributed by atoms with E-state index in [0.29, 0.717) is 16.8 Å². The van der Waals surface area contributed by atoms with Crippen molar-refractivity contribution in [1.82, 2.24) is 30.3 Å². The molecule has 48 heavy (non-hydrogen) atoms. The molecule has 1 saturated carbocycles.